The molecule has 21 heavy (non-hydrogen) atoms. The van der Waals surface area contributed by atoms with Crippen LogP contribution < -0.4 is 10.6 Å². The van der Waals surface area contributed by atoms with E-state index in [-0.39, 0.29) is 11.3 Å². The van der Waals surface area contributed by atoms with E-state index in [0.717, 1.165) is 25.1 Å². The molecule has 0 atom stereocenters. The van der Waals surface area contributed by atoms with Gasteiger partial charge in [0.05, 0.1) is 6.07 Å². The summed E-state index contributed by atoms with van der Waals surface area (Å²) in [5.74, 6) is -0.0377. The van der Waals surface area contributed by atoms with Crippen LogP contribution in [0.15, 0.2) is 24.3 Å². The molecule has 0 aliphatic carbocycles. The van der Waals surface area contributed by atoms with Crippen LogP contribution in [0.2, 0.25) is 0 Å². The van der Waals surface area contributed by atoms with Crippen LogP contribution in [0.4, 0.5) is 5.69 Å². The van der Waals surface area contributed by atoms with Gasteiger partial charge in [-0.05, 0) is 36.5 Å². The minimum atomic E-state index is -0.0377. The monoisotopic (exact) mass is 287 g/mol. The molecule has 2 N–H and O–H groups in total. The number of nitrogens with zero attached hydrogens (tertiary/aromatic N) is 1. The minimum Gasteiger partial charge on any atom is -0.384 e. The third-order valence-electron chi connectivity index (χ3n) is 3.34. The molecule has 4 nitrogen and oxygen atoms in total. The van der Waals surface area contributed by atoms with Gasteiger partial charge >= 0.3 is 0 Å². The van der Waals surface area contributed by atoms with E-state index in [9.17, 15) is 4.79 Å². The lowest BCUT2D eigenvalue weighted by Crippen LogP contribution is -2.25. The van der Waals surface area contributed by atoms with Crippen molar-refractivity contribution in [2.45, 2.75) is 40.0 Å². The number of anilines is 1. The van der Waals surface area contributed by atoms with Gasteiger partial charge in [0, 0.05) is 30.8 Å². The lowest BCUT2D eigenvalue weighted by Gasteiger charge is -2.24. The highest BCUT2D eigenvalue weighted by Gasteiger charge is 2.17. The maximum atomic E-state index is 11.9. The standard InChI is InChI=1S/C17H25N3O/c1-4-11-19-16(21)14-7-5-8-15(12-14)20-13-17(2,3)9-6-10-18/h5,7-8,12,20H,4,6,9,11,13H2,1-3H3,(H,19,21). The second-order valence-corrected chi connectivity index (χ2v) is 6.01. The normalized spacial score (nSPS) is 10.8. The third-order valence-corrected chi connectivity index (χ3v) is 3.34. The Bertz CT molecular complexity index is 503. The van der Waals surface area contributed by atoms with Gasteiger partial charge in [-0.25, -0.2) is 0 Å². The molecule has 1 rings (SSSR count). The van der Waals surface area contributed by atoms with Crippen LogP contribution in [0, 0.1) is 16.7 Å². The average Bonchev–Trinajstić information content (AvgIpc) is 2.49. The molecule has 0 spiro atoms. The number of nitrogens with one attached hydrogen (secondary N) is 2. The first kappa shape index (κ1) is 17.0. The lowest BCUT2D eigenvalue weighted by atomic mass is 9.88. The predicted octanol–water partition coefficient (Wildman–Crippen LogP) is 3.57. The Morgan fingerprint density at radius 1 is 1.38 bits per heavy atom. The third kappa shape index (κ3) is 6.31. The molecular formula is C17H25N3O. The first-order valence-electron chi connectivity index (χ1n) is 7.47. The van der Waals surface area contributed by atoms with Gasteiger partial charge < -0.3 is 10.6 Å². The summed E-state index contributed by atoms with van der Waals surface area (Å²) in [6.45, 7) is 7.76. The van der Waals surface area contributed by atoms with Crippen molar-refractivity contribution in [2.24, 2.45) is 5.41 Å². The second-order valence-electron chi connectivity index (χ2n) is 6.01. The molecule has 0 saturated heterocycles. The molecular weight excluding hydrogens is 262 g/mol. The van der Waals surface area contributed by atoms with Crippen molar-refractivity contribution in [3.8, 4) is 6.07 Å². The quantitative estimate of drug-likeness (QED) is 0.768. The summed E-state index contributed by atoms with van der Waals surface area (Å²) in [5, 5.41) is 14.9. The second kappa shape index (κ2) is 8.31. The Balaban J connectivity index is 2.60. The van der Waals surface area contributed by atoms with E-state index in [4.69, 9.17) is 5.26 Å². The predicted molar refractivity (Wildman–Crippen MR) is 86.2 cm³/mol. The maximum Gasteiger partial charge on any atom is 0.251 e. The zero-order valence-electron chi connectivity index (χ0n) is 13.2. The topological polar surface area (TPSA) is 64.9 Å². The van der Waals surface area contributed by atoms with Crippen LogP contribution >= 0.6 is 0 Å². The van der Waals surface area contributed by atoms with Gasteiger partial charge in [-0.2, -0.15) is 5.26 Å². The van der Waals surface area contributed by atoms with Crippen molar-refractivity contribution in [1.29, 1.82) is 5.26 Å². The fourth-order valence-corrected chi connectivity index (χ4v) is 1.94. The van der Waals surface area contributed by atoms with Gasteiger partial charge in [0.15, 0.2) is 0 Å². The van der Waals surface area contributed by atoms with Crippen LogP contribution in [-0.4, -0.2) is 19.0 Å². The number of benzene rings is 1. The summed E-state index contributed by atoms with van der Waals surface area (Å²) in [4.78, 5) is 11.9. The van der Waals surface area contributed by atoms with Crippen LogP contribution in [0.5, 0.6) is 0 Å². The minimum absolute atomic E-state index is 0.0377. The van der Waals surface area contributed by atoms with E-state index in [0.29, 0.717) is 18.5 Å². The van der Waals surface area contributed by atoms with Gasteiger partial charge in [-0.15, -0.1) is 0 Å². The fourth-order valence-electron chi connectivity index (χ4n) is 1.94. The Morgan fingerprint density at radius 2 is 2.14 bits per heavy atom. The number of hydrogen-bond acceptors (Lipinski definition) is 3. The summed E-state index contributed by atoms with van der Waals surface area (Å²) >= 11 is 0. The van der Waals surface area contributed by atoms with E-state index in [2.05, 4.69) is 30.6 Å². The van der Waals surface area contributed by atoms with Crippen molar-refractivity contribution in [1.82, 2.24) is 5.32 Å². The van der Waals surface area contributed by atoms with Crippen LogP contribution in [0.3, 0.4) is 0 Å². The van der Waals surface area contributed by atoms with E-state index in [1.165, 1.54) is 0 Å². The van der Waals surface area contributed by atoms with E-state index in [1.54, 1.807) is 0 Å². The SMILES string of the molecule is CCCNC(=O)c1cccc(NCC(C)(C)CCC#N)c1. The Labute approximate surface area is 127 Å². The maximum absolute atomic E-state index is 11.9. The molecule has 0 aromatic heterocycles. The Morgan fingerprint density at radius 3 is 2.81 bits per heavy atom. The molecule has 4 heteroatoms. The molecule has 1 aromatic rings. The first-order valence-corrected chi connectivity index (χ1v) is 7.47. The van der Waals surface area contributed by atoms with Crippen molar-refractivity contribution in [3.05, 3.63) is 29.8 Å². The highest BCUT2D eigenvalue weighted by Crippen LogP contribution is 2.23. The van der Waals surface area contributed by atoms with Crippen LogP contribution in [-0.2, 0) is 0 Å². The van der Waals surface area contributed by atoms with Gasteiger partial charge in [0.2, 0.25) is 0 Å². The molecule has 1 amide bonds. The molecule has 0 saturated carbocycles. The molecule has 0 bridgehead atoms. The molecule has 1 aromatic carbocycles. The molecule has 0 fully saturated rings. The molecule has 0 unspecified atom stereocenters. The Kier molecular flexibility index (Phi) is 6.74. The summed E-state index contributed by atoms with van der Waals surface area (Å²) in [7, 11) is 0. The lowest BCUT2D eigenvalue weighted by molar-refractivity contribution is 0.0953. The number of amides is 1. The highest BCUT2D eigenvalue weighted by molar-refractivity contribution is 5.95. The summed E-state index contributed by atoms with van der Waals surface area (Å²) in [6, 6.07) is 9.70. The van der Waals surface area contributed by atoms with Crippen LogP contribution in [0.25, 0.3) is 0 Å². The van der Waals surface area contributed by atoms with Crippen molar-refractivity contribution >= 4 is 11.6 Å². The van der Waals surface area contributed by atoms with E-state index < -0.39 is 0 Å². The smallest absolute Gasteiger partial charge is 0.251 e. The number of nitriles is 1. The number of rotatable bonds is 8. The number of carbonyl (C=O) groups is 1. The summed E-state index contributed by atoms with van der Waals surface area (Å²) in [6.07, 6.45) is 2.35. The number of carbonyl (C=O) groups excluding carboxylic acids is 1. The summed E-state index contributed by atoms with van der Waals surface area (Å²) < 4.78 is 0. The van der Waals surface area contributed by atoms with Crippen molar-refractivity contribution < 1.29 is 4.79 Å². The molecule has 0 heterocycles. The van der Waals surface area contributed by atoms with E-state index in [1.807, 2.05) is 31.2 Å². The molecule has 0 radical (unpaired) electrons. The van der Waals surface area contributed by atoms with Crippen LogP contribution in [0.1, 0.15) is 50.4 Å². The van der Waals surface area contributed by atoms with Gasteiger partial charge in [-0.3, -0.25) is 4.79 Å². The zero-order valence-corrected chi connectivity index (χ0v) is 13.2. The van der Waals surface area contributed by atoms with Crippen molar-refractivity contribution in [2.75, 3.05) is 18.4 Å². The largest absolute Gasteiger partial charge is 0.384 e. The highest BCUT2D eigenvalue weighted by atomic mass is 16.1. The number of hydrogen-bond donors (Lipinski definition) is 2. The summed E-state index contributed by atoms with van der Waals surface area (Å²) in [5.41, 5.74) is 1.66. The van der Waals surface area contributed by atoms with E-state index >= 15 is 0 Å². The zero-order chi connectivity index (χ0) is 15.7. The molecule has 0 aliphatic heterocycles. The van der Waals surface area contributed by atoms with Gasteiger partial charge in [0.1, 0.15) is 0 Å². The average molecular weight is 287 g/mol. The van der Waals surface area contributed by atoms with Crippen molar-refractivity contribution in [3.63, 3.8) is 0 Å². The first-order chi connectivity index (χ1) is 9.98. The molecule has 0 aliphatic rings. The molecule has 114 valence electrons. The Hall–Kier alpha value is -2.02. The van der Waals surface area contributed by atoms with Gasteiger partial charge in [0.25, 0.3) is 5.91 Å². The fraction of sp³-hybridized carbons (Fsp3) is 0.529. The van der Waals surface area contributed by atoms with Gasteiger partial charge in [-0.1, -0.05) is 26.8 Å².